The van der Waals surface area contributed by atoms with E-state index in [4.69, 9.17) is 16.3 Å². The highest BCUT2D eigenvalue weighted by atomic mass is 79.9. The van der Waals surface area contributed by atoms with Crippen LogP contribution in [0.3, 0.4) is 0 Å². The first kappa shape index (κ1) is 12.5. The minimum atomic E-state index is -0.0220. The Morgan fingerprint density at radius 2 is 2.13 bits per heavy atom. The molecule has 0 heterocycles. The van der Waals surface area contributed by atoms with Gasteiger partial charge in [-0.15, -0.1) is 0 Å². The van der Waals surface area contributed by atoms with Crippen LogP contribution in [0.5, 0.6) is 5.75 Å². The number of carbonyl (C=O) groups excluding carboxylic acids is 1. The molecule has 1 rings (SSSR count). The molecule has 0 amide bonds. The zero-order valence-corrected chi connectivity index (χ0v) is 11.2. The van der Waals surface area contributed by atoms with Crippen molar-refractivity contribution in [3.8, 4) is 5.75 Å². The second kappa shape index (κ2) is 4.99. The van der Waals surface area contributed by atoms with Gasteiger partial charge in [-0.1, -0.05) is 27.5 Å². The maximum absolute atomic E-state index is 11.7. The van der Waals surface area contributed by atoms with Gasteiger partial charge in [0.1, 0.15) is 5.75 Å². The van der Waals surface area contributed by atoms with Crippen molar-refractivity contribution in [2.24, 2.45) is 0 Å². The number of rotatable bonds is 3. The van der Waals surface area contributed by atoms with Crippen LogP contribution in [0.1, 0.15) is 21.5 Å². The van der Waals surface area contributed by atoms with Gasteiger partial charge in [-0.3, -0.25) is 4.79 Å². The molecule has 0 N–H and O–H groups in total. The first-order valence-electron chi connectivity index (χ1n) is 4.45. The van der Waals surface area contributed by atoms with Crippen LogP contribution in [-0.4, -0.2) is 18.2 Å². The number of halogens is 2. The van der Waals surface area contributed by atoms with Gasteiger partial charge >= 0.3 is 0 Å². The van der Waals surface area contributed by atoms with E-state index in [0.717, 1.165) is 11.1 Å². The number of aryl methyl sites for hydroxylation is 1. The van der Waals surface area contributed by atoms with Gasteiger partial charge in [0, 0.05) is 5.02 Å². The van der Waals surface area contributed by atoms with E-state index in [1.165, 1.54) is 0 Å². The van der Waals surface area contributed by atoms with E-state index in [1.807, 2.05) is 13.8 Å². The van der Waals surface area contributed by atoms with Gasteiger partial charge in [0.25, 0.3) is 0 Å². The second-order valence-corrected chi connectivity index (χ2v) is 4.21. The van der Waals surface area contributed by atoms with Gasteiger partial charge in [-0.25, -0.2) is 0 Å². The Hall–Kier alpha value is -0.540. The Bertz CT molecular complexity index is 402. The van der Waals surface area contributed by atoms with Gasteiger partial charge in [-0.05, 0) is 31.0 Å². The van der Waals surface area contributed by atoms with Gasteiger partial charge < -0.3 is 4.74 Å². The third-order valence-corrected chi connectivity index (χ3v) is 3.36. The third kappa shape index (κ3) is 2.34. The molecule has 4 heteroatoms. The van der Waals surface area contributed by atoms with Crippen molar-refractivity contribution in [3.63, 3.8) is 0 Å². The van der Waals surface area contributed by atoms with Gasteiger partial charge in [-0.2, -0.15) is 0 Å². The smallest absolute Gasteiger partial charge is 0.177 e. The number of hydrogen-bond donors (Lipinski definition) is 0. The van der Waals surface area contributed by atoms with Crippen LogP contribution >= 0.6 is 27.5 Å². The van der Waals surface area contributed by atoms with Crippen LogP contribution in [0.4, 0.5) is 0 Å². The lowest BCUT2D eigenvalue weighted by Gasteiger charge is -2.13. The molecule has 0 atom stereocenters. The molecule has 0 aliphatic carbocycles. The van der Waals surface area contributed by atoms with Crippen LogP contribution in [0, 0.1) is 13.8 Å². The molecule has 2 nitrogen and oxygen atoms in total. The second-order valence-electron chi connectivity index (χ2n) is 3.27. The fourth-order valence-corrected chi connectivity index (χ4v) is 1.93. The Morgan fingerprint density at radius 1 is 1.53 bits per heavy atom. The summed E-state index contributed by atoms with van der Waals surface area (Å²) in [4.78, 5) is 11.7. The van der Waals surface area contributed by atoms with Crippen LogP contribution in [-0.2, 0) is 0 Å². The predicted molar refractivity (Wildman–Crippen MR) is 65.6 cm³/mol. The molecule has 82 valence electrons. The van der Waals surface area contributed by atoms with E-state index in [0.29, 0.717) is 16.3 Å². The monoisotopic (exact) mass is 290 g/mol. The number of methoxy groups -OCH3 is 1. The molecule has 0 fully saturated rings. The number of ether oxygens (including phenoxy) is 1. The van der Waals surface area contributed by atoms with Crippen LogP contribution < -0.4 is 4.74 Å². The first-order valence-corrected chi connectivity index (χ1v) is 5.95. The minimum Gasteiger partial charge on any atom is -0.496 e. The summed E-state index contributed by atoms with van der Waals surface area (Å²) in [6.07, 6.45) is 0. The van der Waals surface area contributed by atoms with Crippen molar-refractivity contribution >= 4 is 33.3 Å². The maximum atomic E-state index is 11.7. The molecule has 1 aromatic carbocycles. The van der Waals surface area contributed by atoms with E-state index in [9.17, 15) is 4.79 Å². The normalized spacial score (nSPS) is 10.2. The van der Waals surface area contributed by atoms with Crippen molar-refractivity contribution in [2.45, 2.75) is 13.8 Å². The van der Waals surface area contributed by atoms with E-state index in [2.05, 4.69) is 15.9 Å². The van der Waals surface area contributed by atoms with Crippen LogP contribution in [0.2, 0.25) is 5.02 Å². The lowest BCUT2D eigenvalue weighted by Crippen LogP contribution is -2.07. The number of Topliss-reactive ketones (excluding diaryl/α,β-unsaturated/α-hetero) is 1. The number of ketones is 1. The average Bonchev–Trinajstić information content (AvgIpc) is 2.24. The summed E-state index contributed by atoms with van der Waals surface area (Å²) in [5.41, 5.74) is 2.25. The van der Waals surface area contributed by atoms with Gasteiger partial charge in [0.05, 0.1) is 18.0 Å². The Kier molecular flexibility index (Phi) is 4.17. The highest BCUT2D eigenvalue weighted by Crippen LogP contribution is 2.32. The largest absolute Gasteiger partial charge is 0.496 e. The molecule has 0 aliphatic rings. The predicted octanol–water partition coefficient (Wildman–Crippen LogP) is 3.54. The van der Waals surface area contributed by atoms with Crippen molar-refractivity contribution < 1.29 is 9.53 Å². The molecular formula is C11H12BrClO2. The molecule has 1 aromatic rings. The minimum absolute atomic E-state index is 0.0220. The summed E-state index contributed by atoms with van der Waals surface area (Å²) in [7, 11) is 1.55. The zero-order chi connectivity index (χ0) is 11.6. The van der Waals surface area contributed by atoms with Crippen LogP contribution in [0.25, 0.3) is 0 Å². The highest BCUT2D eigenvalue weighted by Gasteiger charge is 2.17. The number of alkyl halides is 1. The van der Waals surface area contributed by atoms with Gasteiger partial charge in [0.15, 0.2) is 5.78 Å². The zero-order valence-electron chi connectivity index (χ0n) is 8.86. The number of benzene rings is 1. The fourth-order valence-electron chi connectivity index (χ4n) is 1.50. The quantitative estimate of drug-likeness (QED) is 0.629. The lowest BCUT2D eigenvalue weighted by molar-refractivity contribution is 0.102. The van der Waals surface area contributed by atoms with Crippen molar-refractivity contribution in [1.82, 2.24) is 0 Å². The highest BCUT2D eigenvalue weighted by molar-refractivity contribution is 9.09. The molecule has 0 saturated heterocycles. The molecule has 0 spiro atoms. The summed E-state index contributed by atoms with van der Waals surface area (Å²) in [6, 6.07) is 1.78. The van der Waals surface area contributed by atoms with E-state index >= 15 is 0 Å². The number of hydrogen-bond acceptors (Lipinski definition) is 2. The molecule has 0 bridgehead atoms. The lowest BCUT2D eigenvalue weighted by atomic mass is 10.0. The van der Waals surface area contributed by atoms with Crippen molar-refractivity contribution in [3.05, 3.63) is 27.8 Å². The maximum Gasteiger partial charge on any atom is 0.177 e. The Morgan fingerprint density at radius 3 is 2.60 bits per heavy atom. The van der Waals surface area contributed by atoms with Crippen LogP contribution in [0.15, 0.2) is 6.07 Å². The topological polar surface area (TPSA) is 26.3 Å². The van der Waals surface area contributed by atoms with E-state index in [-0.39, 0.29) is 11.1 Å². The summed E-state index contributed by atoms with van der Waals surface area (Å²) in [5.74, 6) is 0.560. The molecule has 0 aliphatic heterocycles. The van der Waals surface area contributed by atoms with Crippen molar-refractivity contribution in [2.75, 3.05) is 12.4 Å². The summed E-state index contributed by atoms with van der Waals surface area (Å²) in [6.45, 7) is 3.72. The molecule has 0 radical (unpaired) electrons. The van der Waals surface area contributed by atoms with E-state index in [1.54, 1.807) is 13.2 Å². The summed E-state index contributed by atoms with van der Waals surface area (Å²) in [5, 5.41) is 0.893. The summed E-state index contributed by atoms with van der Waals surface area (Å²) < 4.78 is 5.18. The van der Waals surface area contributed by atoms with Crippen molar-refractivity contribution in [1.29, 1.82) is 0 Å². The first-order chi connectivity index (χ1) is 7.02. The fraction of sp³-hybridized carbons (Fsp3) is 0.364. The summed E-state index contributed by atoms with van der Waals surface area (Å²) >= 11 is 9.23. The molecule has 0 unspecified atom stereocenters. The molecule has 0 aromatic heterocycles. The number of carbonyl (C=O) groups is 1. The Labute approximate surface area is 103 Å². The van der Waals surface area contributed by atoms with E-state index < -0.39 is 0 Å². The average molecular weight is 292 g/mol. The molecule has 15 heavy (non-hydrogen) atoms. The Balaban J connectivity index is 3.47. The van der Waals surface area contributed by atoms with Gasteiger partial charge in [0.2, 0.25) is 0 Å². The molecular weight excluding hydrogens is 279 g/mol. The SMILES string of the molecule is COc1cc(C)c(Cl)c(C)c1C(=O)CBr. The molecule has 0 saturated carbocycles. The standard InChI is InChI=1S/C11H12BrClO2/c1-6-4-9(15-3)10(8(14)5-12)7(2)11(6)13/h4H,5H2,1-3H3. The third-order valence-electron chi connectivity index (χ3n) is 2.26.